The molecular weight excluding hydrogens is 244 g/mol. The van der Waals surface area contributed by atoms with Crippen molar-refractivity contribution in [2.45, 2.75) is 19.4 Å². The Hall–Kier alpha value is -0.940. The van der Waals surface area contributed by atoms with Crippen molar-refractivity contribution < 1.29 is 0 Å². The topological polar surface area (TPSA) is 56.2 Å². The van der Waals surface area contributed by atoms with Gasteiger partial charge in [-0.2, -0.15) is 5.10 Å². The van der Waals surface area contributed by atoms with Gasteiger partial charge in [-0.3, -0.25) is 0 Å². The van der Waals surface area contributed by atoms with E-state index in [2.05, 4.69) is 26.0 Å². The van der Waals surface area contributed by atoms with Crippen molar-refractivity contribution in [1.82, 2.24) is 14.6 Å². The molecule has 14 heavy (non-hydrogen) atoms. The van der Waals surface area contributed by atoms with E-state index in [0.29, 0.717) is 0 Å². The van der Waals surface area contributed by atoms with Crippen LogP contribution in [0.3, 0.4) is 0 Å². The van der Waals surface area contributed by atoms with Crippen molar-refractivity contribution >= 4 is 21.6 Å². The molecule has 0 aliphatic carbocycles. The van der Waals surface area contributed by atoms with E-state index in [-0.39, 0.29) is 6.04 Å². The minimum Gasteiger partial charge on any atom is -0.328 e. The summed E-state index contributed by atoms with van der Waals surface area (Å²) in [4.78, 5) is 4.29. The maximum Gasteiger partial charge on any atom is 0.158 e. The number of rotatable bonds is 2. The third kappa shape index (κ3) is 1.78. The summed E-state index contributed by atoms with van der Waals surface area (Å²) in [5.74, 6) is 0. The van der Waals surface area contributed by atoms with Crippen molar-refractivity contribution in [3.63, 3.8) is 0 Å². The predicted molar refractivity (Wildman–Crippen MR) is 58.0 cm³/mol. The number of fused-ring (bicyclic) bond motifs is 1. The van der Waals surface area contributed by atoms with E-state index < -0.39 is 0 Å². The smallest absolute Gasteiger partial charge is 0.158 e. The molecule has 0 aliphatic heterocycles. The summed E-state index contributed by atoms with van der Waals surface area (Å²) in [6.45, 7) is 1.97. The second-order valence-corrected chi connectivity index (χ2v) is 4.31. The Labute approximate surface area is 90.3 Å². The zero-order valence-electron chi connectivity index (χ0n) is 7.81. The lowest BCUT2D eigenvalue weighted by Crippen LogP contribution is -2.17. The van der Waals surface area contributed by atoms with Crippen LogP contribution in [0, 0.1) is 0 Å². The lowest BCUT2D eigenvalue weighted by atomic mass is 10.1. The Morgan fingerprint density at radius 1 is 1.57 bits per heavy atom. The average molecular weight is 255 g/mol. The molecule has 1 atom stereocenters. The van der Waals surface area contributed by atoms with Crippen LogP contribution in [-0.2, 0) is 6.42 Å². The molecule has 0 spiro atoms. The first kappa shape index (κ1) is 9.61. The van der Waals surface area contributed by atoms with Crippen molar-refractivity contribution in [3.8, 4) is 0 Å². The molecule has 0 saturated carbocycles. The van der Waals surface area contributed by atoms with Gasteiger partial charge in [0.05, 0.1) is 10.7 Å². The second-order valence-electron chi connectivity index (χ2n) is 3.39. The van der Waals surface area contributed by atoms with E-state index in [9.17, 15) is 0 Å². The molecule has 0 radical (unpaired) electrons. The minimum atomic E-state index is 0.133. The van der Waals surface area contributed by atoms with Crippen LogP contribution in [0.1, 0.15) is 12.5 Å². The fourth-order valence-corrected chi connectivity index (χ4v) is 1.69. The normalized spacial score (nSPS) is 13.4. The lowest BCUT2D eigenvalue weighted by molar-refractivity contribution is 0.740. The molecule has 2 aromatic rings. The zero-order chi connectivity index (χ0) is 10.1. The van der Waals surface area contributed by atoms with Crippen molar-refractivity contribution in [2.75, 3.05) is 0 Å². The third-order valence-corrected chi connectivity index (χ3v) is 2.35. The van der Waals surface area contributed by atoms with Gasteiger partial charge in [0.2, 0.25) is 0 Å². The van der Waals surface area contributed by atoms with E-state index in [1.807, 2.05) is 19.3 Å². The summed E-state index contributed by atoms with van der Waals surface area (Å²) in [6, 6.07) is 0.133. The number of aromatic nitrogens is 3. The molecule has 0 fully saturated rings. The van der Waals surface area contributed by atoms with Gasteiger partial charge in [0.15, 0.2) is 5.65 Å². The third-order valence-electron chi connectivity index (χ3n) is 1.94. The summed E-state index contributed by atoms with van der Waals surface area (Å²) < 4.78 is 2.67. The molecule has 0 aromatic carbocycles. The molecule has 0 amide bonds. The Kier molecular flexibility index (Phi) is 2.52. The summed E-state index contributed by atoms with van der Waals surface area (Å²) in [5, 5.41) is 4.20. The van der Waals surface area contributed by atoms with Gasteiger partial charge in [-0.15, -0.1) is 0 Å². The van der Waals surface area contributed by atoms with Gasteiger partial charge in [-0.25, -0.2) is 9.50 Å². The highest BCUT2D eigenvalue weighted by atomic mass is 79.9. The highest BCUT2D eigenvalue weighted by Gasteiger charge is 2.07. The van der Waals surface area contributed by atoms with Crippen LogP contribution in [-0.4, -0.2) is 20.6 Å². The van der Waals surface area contributed by atoms with Crippen LogP contribution in [0.5, 0.6) is 0 Å². The molecule has 0 saturated heterocycles. The number of hydrogen-bond donors (Lipinski definition) is 1. The fourth-order valence-electron chi connectivity index (χ4n) is 1.39. The van der Waals surface area contributed by atoms with Crippen LogP contribution >= 0.6 is 15.9 Å². The number of halogens is 1. The van der Waals surface area contributed by atoms with Gasteiger partial charge in [-0.05, 0) is 29.3 Å². The van der Waals surface area contributed by atoms with E-state index >= 15 is 0 Å². The van der Waals surface area contributed by atoms with Gasteiger partial charge in [0.1, 0.15) is 0 Å². The Morgan fingerprint density at radius 2 is 2.36 bits per heavy atom. The van der Waals surface area contributed by atoms with Crippen molar-refractivity contribution in [1.29, 1.82) is 0 Å². The second kappa shape index (κ2) is 3.67. The molecular formula is C9H11BrN4. The highest BCUT2D eigenvalue weighted by molar-refractivity contribution is 9.10. The van der Waals surface area contributed by atoms with Crippen LogP contribution in [0.4, 0.5) is 0 Å². The van der Waals surface area contributed by atoms with E-state index in [1.54, 1.807) is 10.7 Å². The summed E-state index contributed by atoms with van der Waals surface area (Å²) in [5.41, 5.74) is 7.70. The average Bonchev–Trinajstić information content (AvgIpc) is 2.47. The first-order valence-corrected chi connectivity index (χ1v) is 5.19. The summed E-state index contributed by atoms with van der Waals surface area (Å²) >= 11 is 3.34. The molecule has 2 rings (SSSR count). The van der Waals surface area contributed by atoms with E-state index in [0.717, 1.165) is 22.1 Å². The Balaban J connectivity index is 2.47. The van der Waals surface area contributed by atoms with Crippen LogP contribution in [0.2, 0.25) is 0 Å². The largest absolute Gasteiger partial charge is 0.328 e. The molecule has 1 unspecified atom stereocenters. The SMILES string of the molecule is CC(N)Cc1cnn2cc(Br)cnc12. The molecule has 0 bridgehead atoms. The van der Waals surface area contributed by atoms with Crippen LogP contribution in [0.25, 0.3) is 5.65 Å². The number of nitrogens with zero attached hydrogens (tertiary/aromatic N) is 3. The first-order chi connectivity index (χ1) is 6.66. The molecule has 4 nitrogen and oxygen atoms in total. The number of nitrogens with two attached hydrogens (primary N) is 1. The zero-order valence-corrected chi connectivity index (χ0v) is 9.40. The van der Waals surface area contributed by atoms with E-state index in [4.69, 9.17) is 5.73 Å². The quantitative estimate of drug-likeness (QED) is 0.882. The molecule has 2 aromatic heterocycles. The molecule has 0 aliphatic rings. The Bertz CT molecular complexity index is 449. The maximum atomic E-state index is 5.73. The van der Waals surface area contributed by atoms with Crippen LogP contribution in [0.15, 0.2) is 23.1 Å². The first-order valence-electron chi connectivity index (χ1n) is 4.40. The lowest BCUT2D eigenvalue weighted by Gasteiger charge is -2.01. The highest BCUT2D eigenvalue weighted by Crippen LogP contribution is 2.13. The van der Waals surface area contributed by atoms with Crippen LogP contribution < -0.4 is 5.73 Å². The molecule has 2 heterocycles. The van der Waals surface area contributed by atoms with Crippen molar-refractivity contribution in [2.24, 2.45) is 5.73 Å². The number of hydrogen-bond acceptors (Lipinski definition) is 3. The molecule has 74 valence electrons. The molecule has 5 heteroatoms. The predicted octanol–water partition coefficient (Wildman–Crippen LogP) is 1.38. The monoisotopic (exact) mass is 254 g/mol. The van der Waals surface area contributed by atoms with Gasteiger partial charge >= 0.3 is 0 Å². The summed E-state index contributed by atoms with van der Waals surface area (Å²) in [6.07, 6.45) is 6.27. The van der Waals surface area contributed by atoms with E-state index in [1.165, 1.54) is 0 Å². The maximum absolute atomic E-state index is 5.73. The Morgan fingerprint density at radius 3 is 3.07 bits per heavy atom. The van der Waals surface area contributed by atoms with Gasteiger partial charge in [0.25, 0.3) is 0 Å². The fraction of sp³-hybridized carbons (Fsp3) is 0.333. The van der Waals surface area contributed by atoms with Gasteiger partial charge < -0.3 is 5.73 Å². The van der Waals surface area contributed by atoms with Crippen molar-refractivity contribution in [3.05, 3.63) is 28.6 Å². The van der Waals surface area contributed by atoms with Gasteiger partial charge in [0, 0.05) is 24.0 Å². The standard InChI is InChI=1S/C9H11BrN4/c1-6(11)2-7-3-13-14-5-8(10)4-12-9(7)14/h3-6H,2,11H2,1H3. The molecule has 2 N–H and O–H groups in total. The minimum absolute atomic E-state index is 0.133. The van der Waals surface area contributed by atoms with Gasteiger partial charge in [-0.1, -0.05) is 0 Å². The summed E-state index contributed by atoms with van der Waals surface area (Å²) in [7, 11) is 0.